The number of hydrogen-bond donors (Lipinski definition) is 4. The molecule has 0 aliphatic carbocycles. The normalized spacial score (nSPS) is 21.5. The number of carbonyl (C=O) groups excluding carboxylic acids is 4. The van der Waals surface area contributed by atoms with Crippen molar-refractivity contribution in [3.05, 3.63) is 0 Å². The molecule has 0 amide bonds. The van der Waals surface area contributed by atoms with Crippen LogP contribution in [0.3, 0.4) is 0 Å². The van der Waals surface area contributed by atoms with E-state index in [1.54, 1.807) is 0 Å². The first kappa shape index (κ1) is 84.7. The van der Waals surface area contributed by atoms with Crippen molar-refractivity contribution in [1.29, 1.82) is 0 Å². The molecule has 2 fully saturated rings. The second-order valence-electron chi connectivity index (χ2n) is 27.4. The number of unbranched alkanes of at least 4 members (excludes halogenated alkanes) is 48. The van der Waals surface area contributed by atoms with E-state index in [9.17, 15) is 39.6 Å². The Morgan fingerprint density at radius 1 is 0.319 bits per heavy atom. The lowest BCUT2D eigenvalue weighted by Crippen LogP contribution is -2.65. The zero-order chi connectivity index (χ0) is 66.1. The number of aliphatic hydroxyl groups excluding tert-OH is 4. The van der Waals surface area contributed by atoms with Crippen LogP contribution >= 0.6 is 0 Å². The highest BCUT2D eigenvalue weighted by molar-refractivity contribution is 5.71. The molecule has 0 saturated carbocycles. The molecule has 2 saturated heterocycles. The molecule has 9 atom stereocenters. The summed E-state index contributed by atoms with van der Waals surface area (Å²) in [6.45, 7) is 6.43. The maximum atomic E-state index is 14.0. The van der Waals surface area contributed by atoms with Gasteiger partial charge in [0.1, 0.15) is 24.9 Å². The standard InChI is InChI=1S/C76H142O15/c1-5-9-13-17-21-25-29-33-37-41-45-49-53-57-66(80)86-71-65(62-78)90-76(63-79,74(71)89-69(83)60-56-52-48-44-40-36-32-28-24-20-16-12-8-4)91-75-73(88-68(82)59-55-51-47-43-39-35-31-27-23-19-15-11-7-3)72(70(84)64(61-77)85-75)87-67(81)58-54-50-46-42-38-34-30-26-22-18-14-10-6-2/h64-65,70-75,77-79,84H,5-63H2,1-4H3/t64-,65-,70-,71-,72+,73-,74+,75-,76+/m1/s1. The number of ether oxygens (including phenoxy) is 7. The Hall–Kier alpha value is -2.40. The van der Waals surface area contributed by atoms with E-state index >= 15 is 0 Å². The van der Waals surface area contributed by atoms with Crippen LogP contribution in [0.2, 0.25) is 0 Å². The van der Waals surface area contributed by atoms with Crippen molar-refractivity contribution < 1.29 is 72.8 Å². The summed E-state index contributed by atoms with van der Waals surface area (Å²) in [7, 11) is 0. The maximum absolute atomic E-state index is 14.0. The minimum atomic E-state index is -2.41. The fourth-order valence-electron chi connectivity index (χ4n) is 13.1. The predicted octanol–water partition coefficient (Wildman–Crippen LogP) is 18.7. The van der Waals surface area contributed by atoms with Gasteiger partial charge in [0.2, 0.25) is 12.1 Å². The van der Waals surface area contributed by atoms with E-state index < -0.39 is 98.5 Å². The summed E-state index contributed by atoms with van der Waals surface area (Å²) in [6.07, 6.45) is 46.2. The quantitative estimate of drug-likeness (QED) is 0.0253. The summed E-state index contributed by atoms with van der Waals surface area (Å²) in [5.74, 6) is -4.99. The van der Waals surface area contributed by atoms with Crippen LogP contribution < -0.4 is 0 Å². The van der Waals surface area contributed by atoms with Gasteiger partial charge in [-0.25, -0.2) is 0 Å². The van der Waals surface area contributed by atoms with Gasteiger partial charge in [-0.3, -0.25) is 19.2 Å². The molecule has 0 aromatic rings. The summed E-state index contributed by atoms with van der Waals surface area (Å²) < 4.78 is 43.5. The fraction of sp³-hybridized carbons (Fsp3) is 0.947. The number of rotatable bonds is 65. The minimum Gasteiger partial charge on any atom is -0.455 e. The largest absolute Gasteiger partial charge is 0.455 e. The third-order valence-corrected chi connectivity index (χ3v) is 19.0. The van der Waals surface area contributed by atoms with Crippen LogP contribution in [0.15, 0.2) is 0 Å². The molecule has 4 N–H and O–H groups in total. The van der Waals surface area contributed by atoms with Crippen LogP contribution in [-0.4, -0.2) is 119 Å². The van der Waals surface area contributed by atoms with E-state index in [1.165, 1.54) is 205 Å². The van der Waals surface area contributed by atoms with Crippen molar-refractivity contribution in [2.45, 2.75) is 442 Å². The Balaban J connectivity index is 2.30. The Labute approximate surface area is 556 Å². The Bertz CT molecular complexity index is 1700. The van der Waals surface area contributed by atoms with Crippen molar-refractivity contribution in [2.75, 3.05) is 19.8 Å². The van der Waals surface area contributed by atoms with Crippen LogP contribution in [-0.2, 0) is 52.3 Å². The smallest absolute Gasteiger partial charge is 0.306 e. The predicted molar refractivity (Wildman–Crippen MR) is 365 cm³/mol. The molecule has 0 spiro atoms. The Kier molecular flexibility index (Phi) is 54.8. The molecule has 2 rings (SSSR count). The molecular weight excluding hydrogens is 1150 g/mol. The molecule has 536 valence electrons. The fourth-order valence-corrected chi connectivity index (χ4v) is 13.1. The molecule has 91 heavy (non-hydrogen) atoms. The zero-order valence-electron chi connectivity index (χ0n) is 59.1. The van der Waals surface area contributed by atoms with Crippen molar-refractivity contribution in [1.82, 2.24) is 0 Å². The van der Waals surface area contributed by atoms with E-state index in [4.69, 9.17) is 33.2 Å². The lowest BCUT2D eigenvalue weighted by molar-refractivity contribution is -0.384. The van der Waals surface area contributed by atoms with E-state index in [0.29, 0.717) is 25.7 Å². The molecule has 0 unspecified atom stereocenters. The van der Waals surface area contributed by atoms with Crippen LogP contribution in [0.1, 0.15) is 387 Å². The van der Waals surface area contributed by atoms with Gasteiger partial charge in [0.05, 0.1) is 13.2 Å². The van der Waals surface area contributed by atoms with Crippen molar-refractivity contribution in [3.63, 3.8) is 0 Å². The van der Waals surface area contributed by atoms with Crippen molar-refractivity contribution in [2.24, 2.45) is 0 Å². The van der Waals surface area contributed by atoms with Crippen molar-refractivity contribution in [3.8, 4) is 0 Å². The van der Waals surface area contributed by atoms with E-state index in [1.807, 2.05) is 0 Å². The number of esters is 4. The van der Waals surface area contributed by atoms with Gasteiger partial charge in [-0.15, -0.1) is 0 Å². The first-order chi connectivity index (χ1) is 44.5. The summed E-state index contributed by atoms with van der Waals surface area (Å²) in [4.78, 5) is 55.6. The van der Waals surface area contributed by atoms with Gasteiger partial charge in [-0.05, 0) is 25.7 Å². The maximum Gasteiger partial charge on any atom is 0.306 e. The highest BCUT2D eigenvalue weighted by atomic mass is 16.8. The third kappa shape index (κ3) is 41.3. The molecule has 0 aromatic carbocycles. The highest BCUT2D eigenvalue weighted by Gasteiger charge is 2.63. The van der Waals surface area contributed by atoms with E-state index in [0.717, 1.165) is 103 Å². The van der Waals surface area contributed by atoms with E-state index in [-0.39, 0.29) is 25.7 Å². The Morgan fingerprint density at radius 3 is 0.824 bits per heavy atom. The van der Waals surface area contributed by atoms with Gasteiger partial charge in [-0.2, -0.15) is 0 Å². The zero-order valence-corrected chi connectivity index (χ0v) is 59.1. The molecule has 2 aliphatic rings. The third-order valence-electron chi connectivity index (χ3n) is 19.0. The van der Waals surface area contributed by atoms with Crippen LogP contribution in [0.4, 0.5) is 0 Å². The lowest BCUT2D eigenvalue weighted by Gasteiger charge is -2.45. The van der Waals surface area contributed by atoms with Gasteiger partial charge >= 0.3 is 23.9 Å². The van der Waals surface area contributed by atoms with Crippen LogP contribution in [0.5, 0.6) is 0 Å². The second-order valence-corrected chi connectivity index (χ2v) is 27.4. The average molecular weight is 1300 g/mol. The molecular formula is C76H142O15. The van der Waals surface area contributed by atoms with Crippen LogP contribution in [0.25, 0.3) is 0 Å². The number of carbonyl (C=O) groups is 4. The van der Waals surface area contributed by atoms with Gasteiger partial charge in [0, 0.05) is 25.7 Å². The number of hydrogen-bond acceptors (Lipinski definition) is 15. The molecule has 15 heteroatoms. The van der Waals surface area contributed by atoms with Crippen LogP contribution in [0, 0.1) is 0 Å². The summed E-state index contributed by atoms with van der Waals surface area (Å²) in [6, 6.07) is 0. The molecule has 0 aromatic heterocycles. The molecule has 2 heterocycles. The molecule has 2 aliphatic heterocycles. The Morgan fingerprint density at radius 2 is 0.560 bits per heavy atom. The van der Waals surface area contributed by atoms with Gasteiger partial charge in [-0.1, -0.05) is 336 Å². The van der Waals surface area contributed by atoms with E-state index in [2.05, 4.69) is 27.7 Å². The molecule has 15 nitrogen and oxygen atoms in total. The summed E-state index contributed by atoms with van der Waals surface area (Å²) >= 11 is 0. The minimum absolute atomic E-state index is 0.00503. The van der Waals surface area contributed by atoms with Gasteiger partial charge in [0.15, 0.2) is 24.4 Å². The highest BCUT2D eigenvalue weighted by Crippen LogP contribution is 2.41. The average Bonchev–Trinajstić information content (AvgIpc) is 1.67. The lowest BCUT2D eigenvalue weighted by atomic mass is 9.97. The first-order valence-electron chi connectivity index (χ1n) is 38.8. The molecule has 0 bridgehead atoms. The number of aliphatic hydroxyl groups is 4. The van der Waals surface area contributed by atoms with Gasteiger partial charge < -0.3 is 53.6 Å². The topological polar surface area (TPSA) is 214 Å². The SMILES string of the molecule is CCCCCCCCCCCCCCCC(=O)O[C@@H]1[C@@H](CO)O[C@@](CO)(O[C@H]2O[C@H](CO)[C@@H](O)[C@H](OC(=O)CCCCCCCCCCCCCCC)[C@H]2OC(=O)CCCCCCCCCCCCCCC)[C@H]1OC(=O)CCCCCCCCCCCCCCC. The van der Waals surface area contributed by atoms with Crippen molar-refractivity contribution >= 4 is 23.9 Å². The summed E-state index contributed by atoms with van der Waals surface area (Å²) in [5, 5.41) is 44.9. The monoisotopic (exact) mass is 1300 g/mol. The first-order valence-corrected chi connectivity index (χ1v) is 38.8. The second kappa shape index (κ2) is 58.9. The van der Waals surface area contributed by atoms with Gasteiger partial charge in [0.25, 0.3) is 0 Å². The summed E-state index contributed by atoms with van der Waals surface area (Å²) in [5.41, 5.74) is 0. The molecule has 0 radical (unpaired) electrons.